The van der Waals surface area contributed by atoms with E-state index < -0.39 is 0 Å². The minimum absolute atomic E-state index is 0.169. The summed E-state index contributed by atoms with van der Waals surface area (Å²) in [6, 6.07) is 5.65. The maximum Gasteiger partial charge on any atom is 0.243 e. The summed E-state index contributed by atoms with van der Waals surface area (Å²) in [4.78, 5) is 25.0. The van der Waals surface area contributed by atoms with Crippen LogP contribution in [-0.4, -0.2) is 22.8 Å². The van der Waals surface area contributed by atoms with Crippen molar-refractivity contribution < 1.29 is 9.59 Å². The second kappa shape index (κ2) is 4.10. The van der Waals surface area contributed by atoms with E-state index >= 15 is 0 Å². The maximum absolute atomic E-state index is 11.8. The Labute approximate surface area is 105 Å². The summed E-state index contributed by atoms with van der Waals surface area (Å²) in [5.74, 6) is -0.343. The second-order valence-corrected chi connectivity index (χ2v) is 4.90. The molecule has 1 aromatic rings. The minimum atomic E-state index is -0.198. The van der Waals surface area contributed by atoms with E-state index in [0.29, 0.717) is 12.8 Å². The van der Waals surface area contributed by atoms with Gasteiger partial charge in [-0.15, -0.1) is 0 Å². The lowest BCUT2D eigenvalue weighted by atomic mass is 10.0. The van der Waals surface area contributed by atoms with Gasteiger partial charge < -0.3 is 5.73 Å². The molecule has 2 aliphatic heterocycles. The molecule has 5 nitrogen and oxygen atoms in total. The average Bonchev–Trinajstić information content (AvgIpc) is 2.71. The zero-order chi connectivity index (χ0) is 12.7. The molecular formula is C13H15N3O2. The fourth-order valence-electron chi connectivity index (χ4n) is 2.69. The van der Waals surface area contributed by atoms with Crippen LogP contribution in [0.4, 0.5) is 5.69 Å². The molecule has 0 aromatic heterocycles. The molecular weight excluding hydrogens is 230 g/mol. The Morgan fingerprint density at radius 3 is 2.78 bits per heavy atom. The summed E-state index contributed by atoms with van der Waals surface area (Å²) >= 11 is 0. The number of nitrogens with two attached hydrogens (primary N) is 1. The first-order chi connectivity index (χ1) is 8.63. The number of rotatable bonds is 1. The molecule has 94 valence electrons. The number of carbonyl (C=O) groups excluding carboxylic acids is 2. The number of anilines is 1. The van der Waals surface area contributed by atoms with Gasteiger partial charge in [0.15, 0.2) is 0 Å². The summed E-state index contributed by atoms with van der Waals surface area (Å²) in [5.41, 5.74) is 8.90. The number of fused-ring (bicyclic) bond motifs is 1. The van der Waals surface area contributed by atoms with Crippen molar-refractivity contribution in [1.82, 2.24) is 10.2 Å². The van der Waals surface area contributed by atoms with Crippen molar-refractivity contribution in [2.75, 3.05) is 5.73 Å². The van der Waals surface area contributed by atoms with Crippen molar-refractivity contribution in [3.8, 4) is 0 Å². The predicted octanol–water partition coefficient (Wildman–Crippen LogP) is 0.390. The standard InChI is InChI=1S/C13H15N3O2/c14-10-2-1-8-6-16(7-9(8)5-10)11-3-4-12(17)15-13(11)18/h1-2,5,11H,3-4,6-7,14H2,(H,15,17,18). The van der Waals surface area contributed by atoms with Crippen LogP contribution in [0.5, 0.6) is 0 Å². The predicted molar refractivity (Wildman–Crippen MR) is 66.3 cm³/mol. The summed E-state index contributed by atoms with van der Waals surface area (Å²) in [7, 11) is 0. The van der Waals surface area contributed by atoms with E-state index in [4.69, 9.17) is 5.73 Å². The Morgan fingerprint density at radius 1 is 1.22 bits per heavy atom. The van der Waals surface area contributed by atoms with Crippen LogP contribution in [0.15, 0.2) is 18.2 Å². The molecule has 1 atom stereocenters. The largest absolute Gasteiger partial charge is 0.399 e. The lowest BCUT2D eigenvalue weighted by molar-refractivity contribution is -0.137. The first-order valence-corrected chi connectivity index (χ1v) is 6.08. The number of nitrogens with one attached hydrogen (secondary N) is 1. The molecule has 1 aromatic carbocycles. The van der Waals surface area contributed by atoms with E-state index in [1.165, 1.54) is 11.1 Å². The van der Waals surface area contributed by atoms with Crippen LogP contribution in [0.1, 0.15) is 24.0 Å². The Bertz CT molecular complexity index is 527. The van der Waals surface area contributed by atoms with E-state index in [2.05, 4.69) is 10.2 Å². The first-order valence-electron chi connectivity index (χ1n) is 6.08. The van der Waals surface area contributed by atoms with Gasteiger partial charge in [-0.1, -0.05) is 6.07 Å². The smallest absolute Gasteiger partial charge is 0.243 e. The van der Waals surface area contributed by atoms with Crippen LogP contribution in [0.25, 0.3) is 0 Å². The third-order valence-corrected chi connectivity index (χ3v) is 3.63. The lowest BCUT2D eigenvalue weighted by Crippen LogP contribution is -2.50. The van der Waals surface area contributed by atoms with Crippen LogP contribution >= 0.6 is 0 Å². The minimum Gasteiger partial charge on any atom is -0.399 e. The Hall–Kier alpha value is -1.88. The third kappa shape index (κ3) is 1.86. The van der Waals surface area contributed by atoms with Crippen molar-refractivity contribution in [3.63, 3.8) is 0 Å². The van der Waals surface area contributed by atoms with Crippen LogP contribution in [-0.2, 0) is 22.7 Å². The SMILES string of the molecule is Nc1ccc2c(c1)CN(C1CCC(=O)NC1=O)C2. The average molecular weight is 245 g/mol. The van der Waals surface area contributed by atoms with E-state index in [0.717, 1.165) is 18.8 Å². The van der Waals surface area contributed by atoms with Crippen molar-refractivity contribution in [2.24, 2.45) is 0 Å². The number of carbonyl (C=O) groups is 2. The molecule has 0 spiro atoms. The van der Waals surface area contributed by atoms with Gasteiger partial charge in [-0.05, 0) is 29.7 Å². The zero-order valence-electron chi connectivity index (χ0n) is 9.98. The van der Waals surface area contributed by atoms with Crippen molar-refractivity contribution in [1.29, 1.82) is 0 Å². The Kier molecular flexibility index (Phi) is 2.56. The number of benzene rings is 1. The molecule has 0 aliphatic carbocycles. The molecule has 5 heteroatoms. The number of imide groups is 1. The van der Waals surface area contributed by atoms with Gasteiger partial charge in [0.05, 0.1) is 6.04 Å². The van der Waals surface area contributed by atoms with Crippen LogP contribution in [0, 0.1) is 0 Å². The topological polar surface area (TPSA) is 75.4 Å². The van der Waals surface area contributed by atoms with Gasteiger partial charge in [0, 0.05) is 25.2 Å². The molecule has 0 saturated carbocycles. The first kappa shape index (κ1) is 11.2. The molecule has 3 rings (SSSR count). The molecule has 0 bridgehead atoms. The van der Waals surface area contributed by atoms with Crippen molar-refractivity contribution in [2.45, 2.75) is 32.0 Å². The Balaban J connectivity index is 1.77. The van der Waals surface area contributed by atoms with Gasteiger partial charge in [-0.25, -0.2) is 0 Å². The van der Waals surface area contributed by atoms with Gasteiger partial charge in [0.2, 0.25) is 11.8 Å². The monoisotopic (exact) mass is 245 g/mol. The van der Waals surface area contributed by atoms with Crippen LogP contribution < -0.4 is 11.1 Å². The number of amides is 2. The molecule has 1 fully saturated rings. The number of hydrogen-bond donors (Lipinski definition) is 2. The third-order valence-electron chi connectivity index (χ3n) is 3.63. The van der Waals surface area contributed by atoms with Crippen molar-refractivity contribution >= 4 is 17.5 Å². The molecule has 3 N–H and O–H groups in total. The lowest BCUT2D eigenvalue weighted by Gasteiger charge is -2.29. The van der Waals surface area contributed by atoms with E-state index in [1.807, 2.05) is 18.2 Å². The van der Waals surface area contributed by atoms with Gasteiger partial charge in [-0.3, -0.25) is 19.8 Å². The molecule has 0 radical (unpaired) electrons. The second-order valence-electron chi connectivity index (χ2n) is 4.90. The van der Waals surface area contributed by atoms with Crippen LogP contribution in [0.2, 0.25) is 0 Å². The van der Waals surface area contributed by atoms with Gasteiger partial charge >= 0.3 is 0 Å². The highest BCUT2D eigenvalue weighted by molar-refractivity contribution is 6.00. The van der Waals surface area contributed by atoms with Gasteiger partial charge in [0.25, 0.3) is 0 Å². The normalized spacial score (nSPS) is 23.9. The fourth-order valence-corrected chi connectivity index (χ4v) is 2.69. The quantitative estimate of drug-likeness (QED) is 0.554. The molecule has 2 heterocycles. The maximum atomic E-state index is 11.8. The van der Waals surface area contributed by atoms with Gasteiger partial charge in [-0.2, -0.15) is 0 Å². The number of hydrogen-bond acceptors (Lipinski definition) is 4. The van der Waals surface area contributed by atoms with Crippen LogP contribution in [0.3, 0.4) is 0 Å². The highest BCUT2D eigenvalue weighted by Crippen LogP contribution is 2.28. The van der Waals surface area contributed by atoms with Gasteiger partial charge in [0.1, 0.15) is 0 Å². The highest BCUT2D eigenvalue weighted by atomic mass is 16.2. The summed E-state index contributed by atoms with van der Waals surface area (Å²) in [6.07, 6.45) is 1.03. The fraction of sp³-hybridized carbons (Fsp3) is 0.385. The summed E-state index contributed by atoms with van der Waals surface area (Å²) < 4.78 is 0. The number of piperidine rings is 1. The number of nitrogens with zero attached hydrogens (tertiary/aromatic N) is 1. The van der Waals surface area contributed by atoms with E-state index in [1.54, 1.807) is 0 Å². The molecule has 2 amide bonds. The molecule has 1 saturated heterocycles. The summed E-state index contributed by atoms with van der Waals surface area (Å²) in [6.45, 7) is 1.48. The zero-order valence-corrected chi connectivity index (χ0v) is 9.98. The summed E-state index contributed by atoms with van der Waals surface area (Å²) in [5, 5.41) is 2.40. The molecule has 1 unspecified atom stereocenters. The van der Waals surface area contributed by atoms with E-state index in [9.17, 15) is 9.59 Å². The number of nitrogen functional groups attached to an aromatic ring is 1. The highest BCUT2D eigenvalue weighted by Gasteiger charge is 2.34. The molecule has 2 aliphatic rings. The Morgan fingerprint density at radius 2 is 2.00 bits per heavy atom. The van der Waals surface area contributed by atoms with Crippen molar-refractivity contribution in [3.05, 3.63) is 29.3 Å². The molecule has 18 heavy (non-hydrogen) atoms. The van der Waals surface area contributed by atoms with E-state index in [-0.39, 0.29) is 17.9 Å².